The van der Waals surface area contributed by atoms with E-state index in [-0.39, 0.29) is 5.92 Å². The summed E-state index contributed by atoms with van der Waals surface area (Å²) in [5, 5.41) is 9.41. The number of esters is 1. The smallest absolute Gasteiger partial charge is 0.322 e. The molecule has 0 saturated carbocycles. The van der Waals surface area contributed by atoms with E-state index in [1.807, 2.05) is 0 Å². The summed E-state index contributed by atoms with van der Waals surface area (Å²) in [5.74, 6) is -1.22. The molecule has 1 fully saturated rings. The number of hydrogen-bond donors (Lipinski definition) is 1. The first-order chi connectivity index (χ1) is 7.86. The number of rotatable bonds is 4. The van der Waals surface area contributed by atoms with Crippen molar-refractivity contribution in [1.29, 1.82) is 0 Å². The van der Waals surface area contributed by atoms with Gasteiger partial charge in [-0.2, -0.15) is 0 Å². The molecule has 17 heavy (non-hydrogen) atoms. The van der Waals surface area contributed by atoms with E-state index in [0.29, 0.717) is 25.9 Å². The van der Waals surface area contributed by atoms with Gasteiger partial charge in [0.15, 0.2) is 5.75 Å². The molecule has 1 heterocycles. The summed E-state index contributed by atoms with van der Waals surface area (Å²) in [4.78, 5) is 11.0. The predicted octanol–water partition coefficient (Wildman–Crippen LogP) is -0.418. The molecule has 0 bridgehead atoms. The van der Waals surface area contributed by atoms with Gasteiger partial charge in [0.1, 0.15) is 0 Å². The van der Waals surface area contributed by atoms with Crippen LogP contribution in [0, 0.1) is 5.92 Å². The maximum absolute atomic E-state index is 11.8. The molecule has 1 unspecified atom stereocenters. The Morgan fingerprint density at radius 1 is 1.47 bits per heavy atom. The molecular formula is C10H19NO5S. The van der Waals surface area contributed by atoms with Crippen LogP contribution in [0.25, 0.3) is 0 Å². The maximum atomic E-state index is 11.8. The Bertz CT molecular complexity index is 357. The lowest BCUT2D eigenvalue weighted by Gasteiger charge is -2.32. The van der Waals surface area contributed by atoms with E-state index < -0.39 is 27.8 Å². The molecule has 0 aromatic rings. The van der Waals surface area contributed by atoms with Gasteiger partial charge in [-0.25, -0.2) is 12.7 Å². The van der Waals surface area contributed by atoms with Crippen molar-refractivity contribution >= 4 is 16.0 Å². The number of ether oxygens (including phenoxy) is 1. The van der Waals surface area contributed by atoms with Crippen molar-refractivity contribution in [3.63, 3.8) is 0 Å². The minimum absolute atomic E-state index is 0.138. The van der Waals surface area contributed by atoms with Crippen molar-refractivity contribution in [2.24, 2.45) is 5.92 Å². The molecule has 1 aliphatic heterocycles. The molecule has 1 N–H and O–H groups in total. The average molecular weight is 265 g/mol. The summed E-state index contributed by atoms with van der Waals surface area (Å²) in [5.41, 5.74) is 0. The highest BCUT2D eigenvalue weighted by molar-refractivity contribution is 7.89. The van der Waals surface area contributed by atoms with Gasteiger partial charge in [0.2, 0.25) is 10.0 Å². The fraction of sp³-hybridized carbons (Fsp3) is 0.900. The SMILES string of the molecule is COC(=O)CS(=O)(=O)N1CCC(C(C)O)CC1. The summed E-state index contributed by atoms with van der Waals surface area (Å²) >= 11 is 0. The second-order valence-corrected chi connectivity index (χ2v) is 6.28. The Morgan fingerprint density at radius 3 is 2.41 bits per heavy atom. The quantitative estimate of drug-likeness (QED) is 0.698. The number of carbonyl (C=O) groups is 1. The van der Waals surface area contributed by atoms with E-state index in [0.717, 1.165) is 7.11 Å². The van der Waals surface area contributed by atoms with Gasteiger partial charge >= 0.3 is 5.97 Å². The van der Waals surface area contributed by atoms with E-state index in [2.05, 4.69) is 4.74 Å². The molecule has 6 nitrogen and oxygen atoms in total. The van der Waals surface area contributed by atoms with Crippen LogP contribution in [0.15, 0.2) is 0 Å². The lowest BCUT2D eigenvalue weighted by molar-refractivity contribution is -0.137. The van der Waals surface area contributed by atoms with Crippen molar-refractivity contribution in [2.75, 3.05) is 26.0 Å². The zero-order valence-electron chi connectivity index (χ0n) is 10.1. The second-order valence-electron chi connectivity index (χ2n) is 4.31. The molecule has 1 atom stereocenters. The van der Waals surface area contributed by atoms with Crippen LogP contribution in [0.1, 0.15) is 19.8 Å². The summed E-state index contributed by atoms with van der Waals surface area (Å²) in [6, 6.07) is 0. The predicted molar refractivity (Wildman–Crippen MR) is 61.8 cm³/mol. The van der Waals surface area contributed by atoms with Crippen molar-refractivity contribution in [2.45, 2.75) is 25.9 Å². The lowest BCUT2D eigenvalue weighted by Crippen LogP contribution is -2.43. The van der Waals surface area contributed by atoms with E-state index in [4.69, 9.17) is 0 Å². The summed E-state index contributed by atoms with van der Waals surface area (Å²) < 4.78 is 29.2. The molecule has 1 saturated heterocycles. The monoisotopic (exact) mass is 265 g/mol. The van der Waals surface area contributed by atoms with Crippen LogP contribution in [0.5, 0.6) is 0 Å². The van der Waals surface area contributed by atoms with Gasteiger partial charge in [-0.05, 0) is 25.7 Å². The van der Waals surface area contributed by atoms with E-state index in [1.165, 1.54) is 4.31 Å². The average Bonchev–Trinajstić information content (AvgIpc) is 2.28. The fourth-order valence-corrected chi connectivity index (χ4v) is 3.30. The number of aliphatic hydroxyl groups excluding tert-OH is 1. The summed E-state index contributed by atoms with van der Waals surface area (Å²) in [6.07, 6.45) is 0.830. The Morgan fingerprint density at radius 2 is 2.00 bits per heavy atom. The fourth-order valence-electron chi connectivity index (χ4n) is 1.94. The first-order valence-corrected chi connectivity index (χ1v) is 7.20. The van der Waals surface area contributed by atoms with Crippen LogP contribution < -0.4 is 0 Å². The zero-order chi connectivity index (χ0) is 13.1. The molecule has 100 valence electrons. The molecule has 0 radical (unpaired) electrons. The van der Waals surface area contributed by atoms with Gasteiger partial charge in [0, 0.05) is 13.1 Å². The van der Waals surface area contributed by atoms with Crippen molar-refractivity contribution < 1.29 is 23.1 Å². The first-order valence-electron chi connectivity index (χ1n) is 5.59. The van der Waals surface area contributed by atoms with Gasteiger partial charge in [-0.3, -0.25) is 4.79 Å². The zero-order valence-corrected chi connectivity index (χ0v) is 10.9. The number of carbonyl (C=O) groups excluding carboxylic acids is 1. The molecule has 0 aromatic carbocycles. The first kappa shape index (κ1) is 14.4. The Kier molecular flexibility index (Phi) is 4.91. The Hall–Kier alpha value is -0.660. The minimum Gasteiger partial charge on any atom is -0.468 e. The number of piperidine rings is 1. The van der Waals surface area contributed by atoms with Gasteiger partial charge in [-0.15, -0.1) is 0 Å². The molecule has 0 amide bonds. The minimum atomic E-state index is -3.57. The third kappa shape index (κ3) is 3.93. The summed E-state index contributed by atoms with van der Waals surface area (Å²) in [7, 11) is -2.40. The molecule has 0 aliphatic carbocycles. The van der Waals surface area contributed by atoms with Crippen LogP contribution in [0.3, 0.4) is 0 Å². The van der Waals surface area contributed by atoms with Crippen molar-refractivity contribution in [3.8, 4) is 0 Å². The van der Waals surface area contributed by atoms with Gasteiger partial charge in [0.05, 0.1) is 13.2 Å². The third-order valence-electron chi connectivity index (χ3n) is 3.10. The second kappa shape index (κ2) is 5.79. The van der Waals surface area contributed by atoms with Crippen molar-refractivity contribution in [3.05, 3.63) is 0 Å². The number of sulfonamides is 1. The van der Waals surface area contributed by atoms with Crippen LogP contribution in [-0.2, 0) is 19.6 Å². The van der Waals surface area contributed by atoms with E-state index >= 15 is 0 Å². The van der Waals surface area contributed by atoms with Crippen LogP contribution in [-0.4, -0.2) is 55.9 Å². The largest absolute Gasteiger partial charge is 0.468 e. The highest BCUT2D eigenvalue weighted by Gasteiger charge is 2.31. The Labute approximate surface area is 102 Å². The molecule has 1 aliphatic rings. The Balaban J connectivity index is 2.56. The molecule has 0 aromatic heterocycles. The molecule has 7 heteroatoms. The molecule has 0 spiro atoms. The highest BCUT2D eigenvalue weighted by Crippen LogP contribution is 2.22. The third-order valence-corrected chi connectivity index (χ3v) is 4.85. The van der Waals surface area contributed by atoms with E-state index in [1.54, 1.807) is 6.92 Å². The summed E-state index contributed by atoms with van der Waals surface area (Å²) in [6.45, 7) is 2.42. The molecule has 1 rings (SSSR count). The van der Waals surface area contributed by atoms with E-state index in [9.17, 15) is 18.3 Å². The maximum Gasteiger partial charge on any atom is 0.322 e. The van der Waals surface area contributed by atoms with Gasteiger partial charge in [-0.1, -0.05) is 0 Å². The topological polar surface area (TPSA) is 83.9 Å². The normalized spacial score (nSPS) is 21.1. The number of methoxy groups -OCH3 is 1. The highest BCUT2D eigenvalue weighted by atomic mass is 32.2. The number of nitrogens with zero attached hydrogens (tertiary/aromatic N) is 1. The van der Waals surface area contributed by atoms with Crippen LogP contribution in [0.4, 0.5) is 0 Å². The lowest BCUT2D eigenvalue weighted by atomic mass is 9.93. The standard InChI is InChI=1S/C10H19NO5S/c1-8(12)9-3-5-11(6-4-9)17(14,15)7-10(13)16-2/h8-9,12H,3-7H2,1-2H3. The van der Waals surface area contributed by atoms with Gasteiger partial charge < -0.3 is 9.84 Å². The molecular weight excluding hydrogens is 246 g/mol. The van der Waals surface area contributed by atoms with Crippen LogP contribution >= 0.6 is 0 Å². The van der Waals surface area contributed by atoms with Crippen LogP contribution in [0.2, 0.25) is 0 Å². The number of hydrogen-bond acceptors (Lipinski definition) is 5. The van der Waals surface area contributed by atoms with Gasteiger partial charge in [0.25, 0.3) is 0 Å². The number of aliphatic hydroxyl groups is 1. The van der Waals surface area contributed by atoms with Crippen molar-refractivity contribution in [1.82, 2.24) is 4.31 Å².